The van der Waals surface area contributed by atoms with Crippen molar-refractivity contribution in [3.05, 3.63) is 5.53 Å². The van der Waals surface area contributed by atoms with E-state index in [9.17, 15) is 13.2 Å². The Morgan fingerprint density at radius 1 is 1.50 bits per heavy atom. The van der Waals surface area contributed by atoms with Gasteiger partial charge in [-0.05, 0) is 0 Å². The number of sulfone groups is 1. The fourth-order valence-corrected chi connectivity index (χ4v) is 0.272. The molecule has 0 atom stereocenters. The third-order valence-electron chi connectivity index (χ3n) is 0.328. The van der Waals surface area contributed by atoms with Gasteiger partial charge in [0, 0.05) is 0 Å². The molecule has 5 nitrogen and oxygen atoms in total. The average molecular weight is 134 g/mol. The number of nitrogens with zero attached hydrogens (tertiary/aromatic N) is 2. The maximum absolute atomic E-state index is 9.92. The fraction of sp³-hybridized carbons (Fsp3) is 0. The lowest BCUT2D eigenvalue weighted by Gasteiger charge is -1.66. The lowest BCUT2D eigenvalue weighted by molar-refractivity contribution is 0.00768. The maximum Gasteiger partial charge on any atom is 0.377 e. The summed E-state index contributed by atoms with van der Waals surface area (Å²) in [5, 5.41) is 0. The number of hydrogen-bond acceptors (Lipinski definition) is 3. The molecule has 0 fully saturated rings. The van der Waals surface area contributed by atoms with Crippen LogP contribution in [0.5, 0.6) is 0 Å². The van der Waals surface area contributed by atoms with E-state index in [-0.39, 0.29) is 11.2 Å². The summed E-state index contributed by atoms with van der Waals surface area (Å²) in [4.78, 5) is 11.6. The van der Waals surface area contributed by atoms with Gasteiger partial charge in [-0.25, -0.2) is 8.42 Å². The quantitative estimate of drug-likeness (QED) is 0.157. The summed E-state index contributed by atoms with van der Waals surface area (Å²) < 4.78 is 19.8. The largest absolute Gasteiger partial charge is 0.377 e. The predicted octanol–water partition coefficient (Wildman–Crippen LogP) is -1.15. The molecule has 0 N–H and O–H groups in total. The fourth-order valence-electron chi connectivity index (χ4n) is 0.0906. The van der Waals surface area contributed by atoms with Gasteiger partial charge in [0.05, 0.1) is 0 Å². The molecular weight excluding hydrogens is 132 g/mol. The molecule has 0 aromatic rings. The molecule has 0 saturated carbocycles. The third-order valence-corrected chi connectivity index (χ3v) is 0.985. The Bertz CT molecular complexity index is 222. The summed E-state index contributed by atoms with van der Waals surface area (Å²) in [5.41, 5.74) is 7.40. The van der Waals surface area contributed by atoms with Gasteiger partial charge in [0.15, 0.2) is 0 Å². The van der Waals surface area contributed by atoms with Crippen LogP contribution in [0.1, 0.15) is 0 Å². The average Bonchev–Trinajstić information content (AvgIpc) is 1.67. The van der Waals surface area contributed by atoms with Crippen LogP contribution < -0.4 is 0 Å². The first-order chi connectivity index (χ1) is 3.62. The Morgan fingerprint density at radius 3 is 2.12 bits per heavy atom. The highest BCUT2D eigenvalue weighted by Gasteiger charge is 2.07. The molecule has 0 bridgehead atoms. The van der Waals surface area contributed by atoms with Crippen LogP contribution in [0.15, 0.2) is 0 Å². The van der Waals surface area contributed by atoms with Crippen molar-refractivity contribution >= 4 is 21.0 Å². The van der Waals surface area contributed by atoms with Gasteiger partial charge in [-0.15, -0.1) is 0 Å². The van der Waals surface area contributed by atoms with Gasteiger partial charge >= 0.3 is 15.4 Å². The van der Waals surface area contributed by atoms with Gasteiger partial charge in [0.25, 0.3) is 0 Å². The molecular formula is C2H2N2O3S. The first kappa shape index (κ1) is 7.00. The zero-order valence-corrected chi connectivity index (χ0v) is 4.50. The predicted molar refractivity (Wildman–Crippen MR) is 25.4 cm³/mol. The highest BCUT2D eigenvalue weighted by atomic mass is 32.2. The van der Waals surface area contributed by atoms with Crippen molar-refractivity contribution in [2.24, 2.45) is 0 Å². The van der Waals surface area contributed by atoms with Crippen LogP contribution in [0.25, 0.3) is 5.53 Å². The molecule has 0 aromatic carbocycles. The normalized spacial score (nSPS) is 9.50. The van der Waals surface area contributed by atoms with Gasteiger partial charge in [-0.3, -0.25) is 4.79 Å². The molecule has 0 spiro atoms. The number of hydrogen-bond donors (Lipinski definition) is 0. The Balaban J connectivity index is 4.67. The Labute approximate surface area is 45.5 Å². The Hall–Kier alpha value is -1.00. The molecule has 0 rings (SSSR count). The topological polar surface area (TPSA) is 87.6 Å². The van der Waals surface area contributed by atoms with Crippen molar-refractivity contribution in [2.45, 2.75) is 0 Å². The standard InChI is InChI=1S/C2H2N2O3S/c3-4-1-8(6,7)2-5/h1-2H. The number of rotatable bonds is 2. The SMILES string of the molecule is [N-]=[N+]=CS(=O)(=O)C=O. The minimum Gasteiger partial charge on any atom is -0.361 e. The van der Waals surface area contributed by atoms with E-state index < -0.39 is 9.84 Å². The summed E-state index contributed by atoms with van der Waals surface area (Å²) in [6.07, 6.45) is 0. The van der Waals surface area contributed by atoms with E-state index >= 15 is 0 Å². The van der Waals surface area contributed by atoms with Crippen LogP contribution in [0, 0.1) is 0 Å². The monoisotopic (exact) mass is 134 g/mol. The zero-order valence-electron chi connectivity index (χ0n) is 3.68. The van der Waals surface area contributed by atoms with E-state index in [0.29, 0.717) is 0 Å². The Kier molecular flexibility index (Phi) is 2.05. The lowest BCUT2D eigenvalue weighted by atomic mass is 11.7. The molecule has 0 heterocycles. The summed E-state index contributed by atoms with van der Waals surface area (Å²) in [7, 11) is -3.89. The minimum absolute atomic E-state index is 0.153. The first-order valence-corrected chi connectivity index (χ1v) is 3.11. The smallest absolute Gasteiger partial charge is 0.361 e. The second-order valence-electron chi connectivity index (χ2n) is 0.906. The van der Waals surface area contributed by atoms with Gasteiger partial charge in [-0.2, -0.15) is 4.79 Å². The Morgan fingerprint density at radius 2 is 2.00 bits per heavy atom. The van der Waals surface area contributed by atoms with Crippen LogP contribution in [0.2, 0.25) is 0 Å². The molecule has 0 radical (unpaired) electrons. The van der Waals surface area contributed by atoms with Gasteiger partial charge < -0.3 is 5.53 Å². The van der Waals surface area contributed by atoms with Crippen molar-refractivity contribution in [1.29, 1.82) is 0 Å². The van der Waals surface area contributed by atoms with Gasteiger partial charge in [0.1, 0.15) is 0 Å². The van der Waals surface area contributed by atoms with Crippen molar-refractivity contribution in [2.75, 3.05) is 0 Å². The number of carbonyl (C=O) groups excluding carboxylic acids is 1. The summed E-state index contributed by atoms with van der Waals surface area (Å²) in [6.45, 7) is 0. The molecule has 0 unspecified atom stereocenters. The molecule has 0 aromatic heterocycles. The summed E-state index contributed by atoms with van der Waals surface area (Å²) in [5.74, 6) is 0. The van der Waals surface area contributed by atoms with Crippen LogP contribution in [-0.2, 0) is 14.6 Å². The molecule has 8 heavy (non-hydrogen) atoms. The third kappa shape index (κ3) is 2.22. The second kappa shape index (κ2) is 2.34. The number of carbonyl (C=O) groups is 1. The molecule has 0 aliphatic heterocycles. The molecule has 44 valence electrons. The van der Waals surface area contributed by atoms with Crippen LogP contribution in [-0.4, -0.2) is 24.4 Å². The van der Waals surface area contributed by atoms with E-state index in [1.165, 1.54) is 0 Å². The van der Waals surface area contributed by atoms with Crippen molar-refractivity contribution < 1.29 is 18.0 Å². The molecule has 6 heteroatoms. The molecule has 0 aliphatic rings. The van der Waals surface area contributed by atoms with Crippen molar-refractivity contribution in [3.63, 3.8) is 0 Å². The van der Waals surface area contributed by atoms with Crippen LogP contribution >= 0.6 is 0 Å². The maximum atomic E-state index is 9.92. The van der Waals surface area contributed by atoms with E-state index in [0.717, 1.165) is 0 Å². The highest BCUT2D eigenvalue weighted by Crippen LogP contribution is 1.69. The van der Waals surface area contributed by atoms with Crippen LogP contribution in [0.3, 0.4) is 0 Å². The van der Waals surface area contributed by atoms with Gasteiger partial charge in [-0.1, -0.05) is 0 Å². The van der Waals surface area contributed by atoms with E-state index in [1.807, 2.05) is 0 Å². The first-order valence-electron chi connectivity index (χ1n) is 1.50. The van der Waals surface area contributed by atoms with Crippen LogP contribution in [0.4, 0.5) is 0 Å². The van der Waals surface area contributed by atoms with E-state index in [4.69, 9.17) is 5.53 Å². The highest BCUT2D eigenvalue weighted by molar-refractivity contribution is 8.15. The molecule has 0 amide bonds. The summed E-state index contributed by atoms with van der Waals surface area (Å²) >= 11 is 0. The molecule has 0 saturated heterocycles. The lowest BCUT2D eigenvalue weighted by Crippen LogP contribution is -2.01. The van der Waals surface area contributed by atoms with Crippen molar-refractivity contribution in [1.82, 2.24) is 0 Å². The van der Waals surface area contributed by atoms with Crippen molar-refractivity contribution in [3.8, 4) is 0 Å². The van der Waals surface area contributed by atoms with Gasteiger partial charge in [0.2, 0.25) is 5.62 Å². The summed E-state index contributed by atoms with van der Waals surface area (Å²) in [6, 6.07) is 0. The van der Waals surface area contributed by atoms with E-state index in [1.54, 1.807) is 0 Å². The van der Waals surface area contributed by atoms with E-state index in [2.05, 4.69) is 4.79 Å². The second-order valence-corrected chi connectivity index (χ2v) is 2.49. The minimum atomic E-state index is -3.89. The zero-order chi connectivity index (χ0) is 6.62. The molecule has 0 aliphatic carbocycles.